The normalized spacial score (nSPS) is 13.5. The first kappa shape index (κ1) is 68.6. The van der Waals surface area contributed by atoms with Crippen molar-refractivity contribution in [1.29, 1.82) is 0 Å². The lowest BCUT2D eigenvalue weighted by Gasteiger charge is -2.24. The summed E-state index contributed by atoms with van der Waals surface area (Å²) < 4.78 is 5.98. The fraction of sp³-hybridized carbons (Fsp3) is 0.815. The Morgan fingerprint density at radius 1 is 0.408 bits per heavy atom. The van der Waals surface area contributed by atoms with Gasteiger partial charge in [-0.15, -0.1) is 0 Å². The number of unbranched alkanes of at least 4 members (excludes halogenated alkanes) is 34. The molecule has 3 unspecified atom stereocenters. The van der Waals surface area contributed by atoms with Crippen molar-refractivity contribution in [1.82, 2.24) is 5.32 Å². The van der Waals surface area contributed by atoms with E-state index in [-0.39, 0.29) is 24.9 Å². The highest BCUT2D eigenvalue weighted by molar-refractivity contribution is 5.77. The molecule has 6 nitrogen and oxygen atoms in total. The summed E-state index contributed by atoms with van der Waals surface area (Å²) in [6.07, 6.45) is 74.3. The van der Waals surface area contributed by atoms with Crippen LogP contribution in [0.15, 0.2) is 60.8 Å². The number of rotatable bonds is 56. The summed E-state index contributed by atoms with van der Waals surface area (Å²) in [5.41, 5.74) is 0. The summed E-state index contributed by atoms with van der Waals surface area (Å²) in [4.78, 5) is 26.4. The number of aliphatic hydroxyl groups is 2. The van der Waals surface area contributed by atoms with E-state index in [1.165, 1.54) is 180 Å². The Hall–Kier alpha value is -2.44. The van der Waals surface area contributed by atoms with E-state index in [9.17, 15) is 19.8 Å². The molecule has 0 aromatic carbocycles. The van der Waals surface area contributed by atoms with Crippen LogP contribution < -0.4 is 5.32 Å². The minimum Gasteiger partial charge on any atom is -0.462 e. The smallest absolute Gasteiger partial charge is 0.306 e. The summed E-state index contributed by atoms with van der Waals surface area (Å²) in [5.74, 6) is -0.485. The number of nitrogens with one attached hydrogen (secondary N) is 1. The van der Waals surface area contributed by atoms with Gasteiger partial charge in [0.15, 0.2) is 0 Å². The first-order valence-electron chi connectivity index (χ1n) is 31.0. The summed E-state index contributed by atoms with van der Waals surface area (Å²) >= 11 is 0. The van der Waals surface area contributed by atoms with Crippen molar-refractivity contribution in [3.05, 3.63) is 60.8 Å². The Morgan fingerprint density at radius 2 is 0.718 bits per heavy atom. The highest BCUT2D eigenvalue weighted by Crippen LogP contribution is 2.19. The van der Waals surface area contributed by atoms with Crippen LogP contribution in [0, 0.1) is 0 Å². The highest BCUT2D eigenvalue weighted by atomic mass is 16.5. The molecule has 0 saturated carbocycles. The number of esters is 1. The zero-order valence-corrected chi connectivity index (χ0v) is 47.4. The van der Waals surface area contributed by atoms with Gasteiger partial charge in [0, 0.05) is 6.42 Å². The predicted octanol–water partition coefficient (Wildman–Crippen LogP) is 19.5. The summed E-state index contributed by atoms with van der Waals surface area (Å²) in [6.45, 7) is 6.46. The third kappa shape index (κ3) is 53.7. The van der Waals surface area contributed by atoms with Crippen LogP contribution in [0.1, 0.15) is 316 Å². The Bertz CT molecular complexity index is 1250. The largest absolute Gasteiger partial charge is 0.462 e. The van der Waals surface area contributed by atoms with Crippen LogP contribution in [0.4, 0.5) is 0 Å². The SMILES string of the molecule is CCCCC/C=C\C/C=C\C/C=C\CCCCCCCCC(=O)OC(CCCCCCCCC/C=C\C/C=C\CCCCC)CC(=O)NC(CO)C(O)CCCCCCCCCCCCCCCCCC. The van der Waals surface area contributed by atoms with Crippen molar-refractivity contribution < 1.29 is 24.5 Å². The van der Waals surface area contributed by atoms with Crippen LogP contribution in [0.3, 0.4) is 0 Å². The standard InChI is InChI=1S/C65H119NO5/c1-4-7-10-13-16-19-22-25-28-31-32-34-37-40-43-46-49-52-55-58-65(70)71-61(56-53-50-47-44-41-38-35-33-29-26-23-20-17-14-11-8-5-2)59-64(69)66-62(60-67)63(68)57-54-51-48-45-42-39-36-30-27-24-21-18-15-12-9-6-3/h16-17,19-20,25-26,28-29,32,34,61-63,67-68H,4-15,18,21-24,27,30-31,33,35-60H2,1-3H3,(H,66,69)/b19-16-,20-17-,28-25-,29-26-,34-32-. The fourth-order valence-electron chi connectivity index (χ4n) is 9.35. The first-order valence-corrected chi connectivity index (χ1v) is 31.0. The third-order valence-corrected chi connectivity index (χ3v) is 14.1. The predicted molar refractivity (Wildman–Crippen MR) is 310 cm³/mol. The number of hydrogen-bond acceptors (Lipinski definition) is 5. The third-order valence-electron chi connectivity index (χ3n) is 14.1. The average Bonchev–Trinajstić information content (AvgIpc) is 3.36. The molecule has 0 heterocycles. The molecular formula is C65H119NO5. The number of hydrogen-bond donors (Lipinski definition) is 3. The minimum atomic E-state index is -0.795. The van der Waals surface area contributed by atoms with Gasteiger partial charge in [-0.2, -0.15) is 0 Å². The molecule has 414 valence electrons. The fourth-order valence-corrected chi connectivity index (χ4v) is 9.35. The number of carbonyl (C=O) groups excluding carboxylic acids is 2. The first-order chi connectivity index (χ1) is 35.0. The van der Waals surface area contributed by atoms with E-state index >= 15 is 0 Å². The molecule has 0 fully saturated rings. The maximum absolute atomic E-state index is 13.3. The van der Waals surface area contributed by atoms with Crippen LogP contribution in [-0.2, 0) is 14.3 Å². The van der Waals surface area contributed by atoms with E-state index in [2.05, 4.69) is 86.8 Å². The molecule has 0 aliphatic rings. The Balaban J connectivity index is 4.58. The quantitative estimate of drug-likeness (QED) is 0.0321. The molecule has 0 aromatic heterocycles. The summed E-state index contributed by atoms with van der Waals surface area (Å²) in [7, 11) is 0. The van der Waals surface area contributed by atoms with Gasteiger partial charge in [0.05, 0.1) is 25.2 Å². The van der Waals surface area contributed by atoms with Gasteiger partial charge in [0.2, 0.25) is 5.91 Å². The molecule has 0 aliphatic carbocycles. The van der Waals surface area contributed by atoms with Gasteiger partial charge >= 0.3 is 5.97 Å². The van der Waals surface area contributed by atoms with Gasteiger partial charge in [-0.05, 0) is 96.3 Å². The van der Waals surface area contributed by atoms with Crippen molar-refractivity contribution in [3.63, 3.8) is 0 Å². The van der Waals surface area contributed by atoms with Crippen LogP contribution in [0.5, 0.6) is 0 Å². The second-order valence-corrected chi connectivity index (χ2v) is 21.1. The topological polar surface area (TPSA) is 95.9 Å². The van der Waals surface area contributed by atoms with Crippen LogP contribution in [-0.4, -0.2) is 46.9 Å². The van der Waals surface area contributed by atoms with Gasteiger partial charge < -0.3 is 20.3 Å². The molecule has 0 rings (SSSR count). The number of amides is 1. The lowest BCUT2D eigenvalue weighted by Crippen LogP contribution is -2.46. The molecule has 0 bridgehead atoms. The molecule has 0 saturated heterocycles. The Morgan fingerprint density at radius 3 is 1.11 bits per heavy atom. The number of aliphatic hydroxyl groups excluding tert-OH is 2. The van der Waals surface area contributed by atoms with Gasteiger partial charge in [-0.3, -0.25) is 9.59 Å². The second kappa shape index (κ2) is 58.4. The number of ether oxygens (including phenoxy) is 1. The van der Waals surface area contributed by atoms with Crippen molar-refractivity contribution in [3.8, 4) is 0 Å². The summed E-state index contributed by atoms with van der Waals surface area (Å²) in [6, 6.07) is -0.710. The molecule has 0 aliphatic heterocycles. The Labute approximate surface area is 441 Å². The van der Waals surface area contributed by atoms with E-state index < -0.39 is 18.2 Å². The van der Waals surface area contributed by atoms with Gasteiger partial charge in [0.1, 0.15) is 6.10 Å². The lowest BCUT2D eigenvalue weighted by atomic mass is 10.0. The van der Waals surface area contributed by atoms with Crippen molar-refractivity contribution in [2.45, 2.75) is 334 Å². The van der Waals surface area contributed by atoms with E-state index in [1.54, 1.807) is 0 Å². The molecule has 3 N–H and O–H groups in total. The molecule has 0 spiro atoms. The molecule has 71 heavy (non-hydrogen) atoms. The monoisotopic (exact) mass is 994 g/mol. The van der Waals surface area contributed by atoms with E-state index in [4.69, 9.17) is 4.74 Å². The minimum absolute atomic E-state index is 0.0669. The number of carbonyl (C=O) groups is 2. The van der Waals surface area contributed by atoms with E-state index in [0.717, 1.165) is 89.9 Å². The van der Waals surface area contributed by atoms with Gasteiger partial charge in [0.25, 0.3) is 0 Å². The van der Waals surface area contributed by atoms with Gasteiger partial charge in [-0.1, -0.05) is 268 Å². The van der Waals surface area contributed by atoms with Crippen molar-refractivity contribution >= 4 is 11.9 Å². The molecule has 0 aromatic rings. The molecular weight excluding hydrogens is 875 g/mol. The van der Waals surface area contributed by atoms with Crippen LogP contribution in [0.25, 0.3) is 0 Å². The Kier molecular flexibility index (Phi) is 56.4. The second-order valence-electron chi connectivity index (χ2n) is 21.1. The summed E-state index contributed by atoms with van der Waals surface area (Å²) in [5, 5.41) is 24.0. The van der Waals surface area contributed by atoms with Crippen molar-refractivity contribution in [2.24, 2.45) is 0 Å². The maximum atomic E-state index is 13.3. The zero-order valence-electron chi connectivity index (χ0n) is 47.4. The van der Waals surface area contributed by atoms with Gasteiger partial charge in [-0.25, -0.2) is 0 Å². The average molecular weight is 995 g/mol. The van der Waals surface area contributed by atoms with E-state index in [1.807, 2.05) is 0 Å². The van der Waals surface area contributed by atoms with E-state index in [0.29, 0.717) is 19.3 Å². The molecule has 3 atom stereocenters. The lowest BCUT2D eigenvalue weighted by molar-refractivity contribution is -0.151. The number of allylic oxidation sites excluding steroid dienone is 10. The zero-order chi connectivity index (χ0) is 51.6. The van der Waals surface area contributed by atoms with Crippen LogP contribution >= 0.6 is 0 Å². The molecule has 6 heteroatoms. The highest BCUT2D eigenvalue weighted by Gasteiger charge is 2.24. The van der Waals surface area contributed by atoms with Crippen molar-refractivity contribution in [2.75, 3.05) is 6.61 Å². The van der Waals surface area contributed by atoms with Crippen LogP contribution in [0.2, 0.25) is 0 Å². The maximum Gasteiger partial charge on any atom is 0.306 e. The molecule has 0 radical (unpaired) electrons. The molecule has 1 amide bonds.